The lowest BCUT2D eigenvalue weighted by molar-refractivity contribution is -0.140. The van der Waals surface area contributed by atoms with Crippen molar-refractivity contribution >= 4 is 5.97 Å². The summed E-state index contributed by atoms with van der Waals surface area (Å²) in [6.07, 6.45) is 0. The van der Waals surface area contributed by atoms with Gasteiger partial charge in [0.15, 0.2) is 0 Å². The van der Waals surface area contributed by atoms with Gasteiger partial charge in [0.2, 0.25) is 0 Å². The summed E-state index contributed by atoms with van der Waals surface area (Å²) in [5.41, 5.74) is 0. The van der Waals surface area contributed by atoms with Crippen LogP contribution in [0.5, 0.6) is 0 Å². The molecule has 0 N–H and O–H groups in total. The molecule has 0 aliphatic carbocycles. The van der Waals surface area contributed by atoms with Crippen molar-refractivity contribution in [2.45, 2.75) is 6.92 Å². The van der Waals surface area contributed by atoms with Gasteiger partial charge in [0.25, 0.3) is 0 Å². The van der Waals surface area contributed by atoms with Crippen LogP contribution >= 0.6 is 0 Å². The van der Waals surface area contributed by atoms with E-state index in [0.717, 1.165) is 6.92 Å². The molecule has 0 spiro atoms. The van der Waals surface area contributed by atoms with Crippen LogP contribution in [0.3, 0.4) is 0 Å². The maximum Gasteiger partial charge on any atom is 0.352 e. The molecule has 0 unspecified atom stereocenters. The molecule has 0 bridgehead atoms. The van der Waals surface area contributed by atoms with E-state index in [1.165, 1.54) is 0 Å². The molecule has 0 aromatic carbocycles. The van der Waals surface area contributed by atoms with Crippen molar-refractivity contribution in [2.24, 2.45) is 0 Å². The molecule has 4 heavy (non-hydrogen) atoms. The molecule has 1 radical (unpaired) electrons. The Morgan fingerprint density at radius 3 is 2.00 bits per heavy atom. The molecule has 0 aliphatic rings. The summed E-state index contributed by atoms with van der Waals surface area (Å²) in [5.74, 6) is -1.08. The predicted molar refractivity (Wildman–Crippen MR) is 11.4 cm³/mol. The van der Waals surface area contributed by atoms with Crippen LogP contribution in [0, 0.1) is 0 Å². The first-order chi connectivity index (χ1) is 1.73. The Labute approximate surface area is 24.1 Å². The highest BCUT2D eigenvalue weighted by atomic mass is 16.1. The van der Waals surface area contributed by atoms with Gasteiger partial charge in [0.1, 0.15) is 0 Å². The zero-order valence-electron chi connectivity index (χ0n) is 2.32. The monoisotopic (exact) mass is 45.0 g/mol. The molecular formula is C2H3O2. The highest BCUT2D eigenvalue weighted by Crippen LogP contribution is 1.45. The Bertz CT molecular complexity index is 27.0. The number of hydrogen-bond donors (Lipinski definition) is 0. The number of carbonyl (C=O) groups excluding carboxylic acids is 1. The van der Waals surface area contributed by atoms with Crippen LogP contribution < -0.4 is 0 Å². The molecule has 0 aliphatic heterocycles. The highest BCUT2D eigenvalue weighted by Gasteiger charge is 1.71. The fourth-order valence-corrected chi connectivity index (χ4v) is 0. The molecule has 0 aromatic rings. The molecule has 0 atom stereocenters. The molecule has 2 nitrogen and oxygen atoms in total. The summed E-state index contributed by atoms with van der Waals surface area (Å²) in [6.45, 7) is 0.972. The number of hydrogen-bond acceptors (Lipinski definition) is 1. The van der Waals surface area contributed by atoms with E-state index >= 15 is 0 Å². The third kappa shape index (κ3) is 1.16. The molecular weight excluding hydrogens is 42.0 g/mol. The Kier molecular flexibility index (Phi) is 0.759. The Hall–Kier alpha value is -0.530. The largest absolute Gasteiger partial charge is 0.352 e. The Morgan fingerprint density at radius 2 is 2.00 bits per heavy atom. The van der Waals surface area contributed by atoms with E-state index in [4.69, 9.17) is 9.90 Å². The van der Waals surface area contributed by atoms with E-state index in [9.17, 15) is 0 Å². The first kappa shape index (κ1) is 3.47. The second-order valence-electron chi connectivity index (χ2n) is 0.492. The van der Waals surface area contributed by atoms with E-state index in [-0.39, 0.29) is 0 Å². The molecule has 23 valence electrons. The first-order valence-corrected chi connectivity index (χ1v) is 0.908. The third-order valence-corrected chi connectivity index (χ3v) is 0. The van der Waals surface area contributed by atoms with Crippen molar-refractivity contribution in [3.63, 3.8) is 0 Å². The van der Waals surface area contributed by atoms with E-state index in [1.54, 1.807) is 0 Å². The van der Waals surface area contributed by atoms with E-state index in [1.807, 2.05) is 0 Å². The van der Waals surface area contributed by atoms with Crippen LogP contribution in [0.1, 0.15) is 6.92 Å². The van der Waals surface area contributed by atoms with Gasteiger partial charge in [-0.15, -0.1) is 0 Å². The van der Waals surface area contributed by atoms with E-state index in [2.05, 4.69) is 0 Å². The van der Waals surface area contributed by atoms with Crippen molar-refractivity contribution in [3.05, 3.63) is 0 Å². The highest BCUT2D eigenvalue weighted by molar-refractivity contribution is 5.62. The van der Waals surface area contributed by atoms with Crippen LogP contribution in [-0.4, -0.2) is 5.97 Å². The quantitative estimate of drug-likeness (QED) is 0.376. The van der Waals surface area contributed by atoms with Gasteiger partial charge in [-0.2, -0.15) is 0 Å². The first-order valence-electron chi connectivity index (χ1n) is 0.908. The van der Waals surface area contributed by atoms with Gasteiger partial charge in [-0.1, -0.05) is 0 Å². The summed E-state index contributed by atoms with van der Waals surface area (Å²) < 4.78 is 0. The van der Waals surface area contributed by atoms with Crippen LogP contribution in [0.15, 0.2) is 0 Å². The fourth-order valence-electron chi connectivity index (χ4n) is 0. The van der Waals surface area contributed by atoms with E-state index < -0.39 is 5.97 Å². The molecule has 0 aromatic heterocycles. The molecule has 0 fully saturated rings. The molecule has 0 heterocycles. The predicted octanol–water partition coefficient (Wildman–Crippen LogP) is -0.0366. The summed E-state index contributed by atoms with van der Waals surface area (Å²) in [7, 11) is 0. The average Bonchev–Trinajstić information content (AvgIpc) is 0.811. The lowest BCUT2D eigenvalue weighted by atomic mass is 1.90. The zero-order valence-corrected chi connectivity index (χ0v) is 2.32. The van der Waals surface area contributed by atoms with Gasteiger partial charge in [-0.05, 0) is 0 Å². The zero-order chi connectivity index (χ0) is 3.58. The summed E-state index contributed by atoms with van der Waals surface area (Å²) in [4.78, 5) is 8.89. The molecule has 2 heteroatoms. The normalized spacial score (nSPS) is 6.25. The van der Waals surface area contributed by atoms with Crippen molar-refractivity contribution in [3.8, 4) is 0 Å². The minimum Gasteiger partial charge on any atom is -0.248 e. The van der Waals surface area contributed by atoms with Crippen molar-refractivity contribution in [1.29, 1.82) is 0 Å². The van der Waals surface area contributed by atoms with Crippen LogP contribution in [0.4, 0.5) is 0 Å². The summed E-state index contributed by atoms with van der Waals surface area (Å²) in [5, 5.41) is 8.89. The Morgan fingerprint density at radius 1 is 2.00 bits per heavy atom. The summed E-state index contributed by atoms with van der Waals surface area (Å²) >= 11 is 0. The van der Waals surface area contributed by atoms with Gasteiger partial charge < -0.3 is 0 Å². The summed E-state index contributed by atoms with van der Waals surface area (Å²) in [6, 6.07) is 0. The van der Waals surface area contributed by atoms with Gasteiger partial charge >= 0.3 is 5.97 Å². The van der Waals surface area contributed by atoms with Gasteiger partial charge in [-0.25, -0.2) is 9.90 Å². The van der Waals surface area contributed by atoms with Gasteiger partial charge in [0.05, 0.1) is 0 Å². The number of carbonyl (C=O) groups is 1. The van der Waals surface area contributed by atoms with Crippen molar-refractivity contribution in [1.82, 2.24) is 0 Å². The fraction of sp³-hybridized carbons (Fsp3) is 0.500. The molecule has 0 saturated heterocycles. The van der Waals surface area contributed by atoms with Gasteiger partial charge in [0, 0.05) is 6.92 Å². The van der Waals surface area contributed by atoms with Crippen LogP contribution in [0.25, 0.3) is 0 Å². The Balaban J connectivity index is 2.80. The van der Waals surface area contributed by atoms with Crippen molar-refractivity contribution in [2.75, 3.05) is 0 Å². The molecule has 0 rings (SSSR count). The van der Waals surface area contributed by atoms with Crippen LogP contribution in [0.2, 0.25) is 0 Å². The lowest BCUT2D eigenvalue weighted by Gasteiger charge is -1.50. The van der Waals surface area contributed by atoms with E-state index in [0.29, 0.717) is 0 Å². The third-order valence-electron chi connectivity index (χ3n) is 0. The SMILES string of the molecule is CC(=O)[2O]. The minimum atomic E-state index is -1.08. The second kappa shape index (κ2) is 0.875. The molecule has 0 amide bonds. The van der Waals surface area contributed by atoms with Crippen molar-refractivity contribution < 1.29 is 9.90 Å². The average molecular weight is 45.0 g/mol. The smallest absolute Gasteiger partial charge is 0.248 e. The minimum absolute atomic E-state index is 0.972. The number of rotatable bonds is 0. The second-order valence-corrected chi connectivity index (χ2v) is 0.492. The maximum absolute atomic E-state index is 8.89. The molecule has 0 saturated carbocycles. The van der Waals surface area contributed by atoms with Gasteiger partial charge in [-0.3, -0.25) is 0 Å². The standard InChI is InChI=1S/C2H3O2/c1-2(3)4/h1H3/i3-14. The topological polar surface area (TPSA) is 37.0 Å². The maximum atomic E-state index is 8.89. The van der Waals surface area contributed by atoms with Crippen LogP contribution in [-0.2, 0) is 9.90 Å². The lowest BCUT2D eigenvalue weighted by Crippen LogP contribution is -1.74.